The Bertz CT molecular complexity index is 491. The van der Waals surface area contributed by atoms with E-state index in [4.69, 9.17) is 0 Å². The van der Waals surface area contributed by atoms with Crippen LogP contribution in [0.5, 0.6) is 0 Å². The number of aromatic nitrogens is 3. The van der Waals surface area contributed by atoms with E-state index in [1.165, 1.54) is 6.33 Å². The Morgan fingerprint density at radius 3 is 3.09 bits per heavy atom. The van der Waals surface area contributed by atoms with Gasteiger partial charge in [0.1, 0.15) is 0 Å². The first kappa shape index (κ1) is 5.90. The summed E-state index contributed by atoms with van der Waals surface area (Å²) in [5.41, 5.74) is -0.322. The molecule has 0 amide bonds. The van der Waals surface area contributed by atoms with Crippen LogP contribution in [0.4, 0.5) is 0 Å². The second-order valence-electron chi connectivity index (χ2n) is 1.93. The van der Waals surface area contributed by atoms with Gasteiger partial charge in [0.2, 0.25) is 0 Å². The maximum Gasteiger partial charge on any atom is 0.421 e. The van der Waals surface area contributed by atoms with Gasteiger partial charge >= 0.3 is 5.76 Å². The van der Waals surface area contributed by atoms with Crippen LogP contribution in [0.25, 0.3) is 11.2 Å². The summed E-state index contributed by atoms with van der Waals surface area (Å²) in [6, 6.07) is 0. The average molecular weight is 153 g/mol. The molecule has 0 fully saturated rings. The smallest absolute Gasteiger partial charge is 0.388 e. The molecule has 0 bridgehead atoms. The van der Waals surface area contributed by atoms with Crippen LogP contribution in [0.15, 0.2) is 20.3 Å². The number of aromatic amines is 2. The third kappa shape index (κ3) is 0.759. The average Bonchev–Trinajstić information content (AvgIpc) is 2.34. The summed E-state index contributed by atoms with van der Waals surface area (Å²) < 4.78 is 4.53. The van der Waals surface area contributed by atoms with E-state index in [0.717, 1.165) is 0 Å². The van der Waals surface area contributed by atoms with Gasteiger partial charge in [-0.3, -0.25) is 9.78 Å². The van der Waals surface area contributed by atoms with Crippen molar-refractivity contribution in [1.82, 2.24) is 15.0 Å². The Kier molecular flexibility index (Phi) is 0.974. The van der Waals surface area contributed by atoms with Gasteiger partial charge in [-0.15, -0.1) is 0 Å². The fourth-order valence-corrected chi connectivity index (χ4v) is 0.790. The van der Waals surface area contributed by atoms with Gasteiger partial charge in [0.15, 0.2) is 5.52 Å². The van der Waals surface area contributed by atoms with Crippen LogP contribution >= 0.6 is 0 Å². The Morgan fingerprint density at radius 2 is 2.27 bits per heavy atom. The Balaban J connectivity index is 3.15. The number of nitrogens with zero attached hydrogens (tertiary/aromatic N) is 1. The van der Waals surface area contributed by atoms with E-state index in [0.29, 0.717) is 0 Å². The van der Waals surface area contributed by atoms with Crippen LogP contribution in [0.1, 0.15) is 0 Å². The number of hydrogen-bond donors (Lipinski definition) is 2. The summed E-state index contributed by atoms with van der Waals surface area (Å²) in [6.07, 6.45) is 1.28. The number of hydrogen-bond acceptors (Lipinski definition) is 4. The Morgan fingerprint density at radius 1 is 1.45 bits per heavy atom. The molecule has 6 heteroatoms. The van der Waals surface area contributed by atoms with Crippen molar-refractivity contribution in [3.63, 3.8) is 0 Å². The van der Waals surface area contributed by atoms with Crippen LogP contribution in [-0.2, 0) is 0 Å². The van der Waals surface area contributed by atoms with Crippen molar-refractivity contribution in [2.45, 2.75) is 0 Å². The maximum absolute atomic E-state index is 10.9. The van der Waals surface area contributed by atoms with Crippen molar-refractivity contribution in [1.29, 1.82) is 0 Å². The summed E-state index contributed by atoms with van der Waals surface area (Å²) in [5, 5.41) is 0. The Labute approximate surface area is 58.9 Å². The lowest BCUT2D eigenvalue weighted by Crippen LogP contribution is -2.17. The molecular weight excluding hydrogens is 150 g/mol. The standard InChI is InChI=1S/C5H3N3O3/c9-3-2-4(7-1-6-2)11-5(10)8-3/h1H,(H,6,7)(H,8,9,10). The molecule has 0 spiro atoms. The van der Waals surface area contributed by atoms with Gasteiger partial charge < -0.3 is 9.40 Å². The van der Waals surface area contributed by atoms with Crippen LogP contribution in [0.2, 0.25) is 0 Å². The molecule has 0 radical (unpaired) electrons. The number of nitrogens with one attached hydrogen (secondary N) is 2. The molecule has 2 aromatic rings. The molecule has 6 nitrogen and oxygen atoms in total. The third-order valence-electron chi connectivity index (χ3n) is 1.24. The summed E-state index contributed by atoms with van der Waals surface area (Å²) in [5.74, 6) is -0.797. The van der Waals surface area contributed by atoms with E-state index in [1.54, 1.807) is 0 Å². The zero-order valence-corrected chi connectivity index (χ0v) is 5.25. The van der Waals surface area contributed by atoms with Crippen molar-refractivity contribution >= 4 is 11.2 Å². The van der Waals surface area contributed by atoms with Crippen LogP contribution < -0.4 is 11.3 Å². The molecule has 0 aromatic carbocycles. The van der Waals surface area contributed by atoms with Crippen molar-refractivity contribution in [3.05, 3.63) is 27.2 Å². The van der Waals surface area contributed by atoms with Crippen LogP contribution in [0.3, 0.4) is 0 Å². The zero-order valence-electron chi connectivity index (χ0n) is 5.25. The first-order valence-electron chi connectivity index (χ1n) is 2.84. The van der Waals surface area contributed by atoms with E-state index in [1.807, 2.05) is 4.98 Å². The molecule has 0 aliphatic rings. The molecule has 0 atom stereocenters. The molecule has 2 N–H and O–H groups in total. The van der Waals surface area contributed by atoms with Crippen molar-refractivity contribution in [3.8, 4) is 0 Å². The zero-order chi connectivity index (χ0) is 7.84. The summed E-state index contributed by atoms with van der Waals surface area (Å²) in [4.78, 5) is 29.5. The lowest BCUT2D eigenvalue weighted by atomic mass is 10.6. The van der Waals surface area contributed by atoms with Gasteiger partial charge in [0.05, 0.1) is 6.33 Å². The minimum atomic E-state index is -0.797. The predicted molar refractivity (Wildman–Crippen MR) is 35.3 cm³/mol. The molecule has 0 saturated heterocycles. The molecule has 56 valence electrons. The summed E-state index contributed by atoms with van der Waals surface area (Å²) in [7, 11) is 0. The first-order valence-corrected chi connectivity index (χ1v) is 2.84. The van der Waals surface area contributed by atoms with Gasteiger partial charge in [-0.05, 0) is 0 Å². The highest BCUT2D eigenvalue weighted by Crippen LogP contribution is 1.96. The highest BCUT2D eigenvalue weighted by Gasteiger charge is 2.02. The van der Waals surface area contributed by atoms with Crippen molar-refractivity contribution in [2.75, 3.05) is 0 Å². The molecule has 2 aromatic heterocycles. The minimum Gasteiger partial charge on any atom is -0.388 e. The van der Waals surface area contributed by atoms with E-state index < -0.39 is 11.3 Å². The number of imidazole rings is 1. The van der Waals surface area contributed by atoms with Gasteiger partial charge in [0, 0.05) is 0 Å². The number of fused-ring (bicyclic) bond motifs is 1. The Hall–Kier alpha value is -1.85. The largest absolute Gasteiger partial charge is 0.421 e. The fraction of sp³-hybridized carbons (Fsp3) is 0. The van der Waals surface area contributed by atoms with Gasteiger partial charge in [-0.2, -0.15) is 0 Å². The van der Waals surface area contributed by atoms with E-state index in [-0.39, 0.29) is 11.2 Å². The van der Waals surface area contributed by atoms with E-state index in [9.17, 15) is 9.59 Å². The molecule has 11 heavy (non-hydrogen) atoms. The minimum absolute atomic E-state index is 0.0266. The summed E-state index contributed by atoms with van der Waals surface area (Å²) in [6.45, 7) is 0. The molecule has 0 unspecified atom stereocenters. The van der Waals surface area contributed by atoms with Gasteiger partial charge in [0.25, 0.3) is 11.3 Å². The lowest BCUT2D eigenvalue weighted by Gasteiger charge is -1.81. The van der Waals surface area contributed by atoms with Gasteiger partial charge in [-0.1, -0.05) is 0 Å². The second kappa shape index (κ2) is 1.82. The topological polar surface area (TPSA) is 91.8 Å². The van der Waals surface area contributed by atoms with Crippen molar-refractivity contribution in [2.24, 2.45) is 0 Å². The molecule has 2 rings (SSSR count). The quantitative estimate of drug-likeness (QED) is 0.518. The second-order valence-corrected chi connectivity index (χ2v) is 1.93. The molecular formula is C5H3N3O3. The summed E-state index contributed by atoms with van der Waals surface area (Å²) >= 11 is 0. The fourth-order valence-electron chi connectivity index (χ4n) is 0.790. The monoisotopic (exact) mass is 153 g/mol. The van der Waals surface area contributed by atoms with Crippen LogP contribution in [0, 0.1) is 0 Å². The van der Waals surface area contributed by atoms with E-state index >= 15 is 0 Å². The van der Waals surface area contributed by atoms with Crippen molar-refractivity contribution < 1.29 is 4.42 Å². The SMILES string of the molecule is O=c1[nH]c(=O)c2[nH]cnc2o1. The highest BCUT2D eigenvalue weighted by atomic mass is 16.4. The highest BCUT2D eigenvalue weighted by molar-refractivity contribution is 5.65. The first-order chi connectivity index (χ1) is 5.27. The maximum atomic E-state index is 10.9. The van der Waals surface area contributed by atoms with Crippen LogP contribution in [-0.4, -0.2) is 15.0 Å². The molecule has 0 aliphatic carbocycles. The predicted octanol–water partition coefficient (Wildman–Crippen LogP) is -0.796. The molecule has 0 saturated carbocycles. The molecule has 0 aliphatic heterocycles. The normalized spacial score (nSPS) is 10.5. The lowest BCUT2D eigenvalue weighted by molar-refractivity contribution is 0.519. The molecule has 2 heterocycles. The number of H-pyrrole nitrogens is 2. The number of rotatable bonds is 0. The van der Waals surface area contributed by atoms with Gasteiger partial charge in [-0.25, -0.2) is 9.78 Å². The van der Waals surface area contributed by atoms with E-state index in [2.05, 4.69) is 14.4 Å². The third-order valence-corrected chi connectivity index (χ3v) is 1.24.